The molecule has 1 aromatic carbocycles. The van der Waals surface area contributed by atoms with Gasteiger partial charge in [-0.2, -0.15) is 4.98 Å². The second kappa shape index (κ2) is 8.48. The van der Waals surface area contributed by atoms with Crippen molar-refractivity contribution >= 4 is 27.0 Å². The summed E-state index contributed by atoms with van der Waals surface area (Å²) in [5.41, 5.74) is 0.0992. The summed E-state index contributed by atoms with van der Waals surface area (Å²) in [5.74, 6) is 0.206. The third-order valence-electron chi connectivity index (χ3n) is 4.43. The highest BCUT2D eigenvalue weighted by molar-refractivity contribution is 7.90. The third-order valence-corrected chi connectivity index (χ3v) is 5.56. The van der Waals surface area contributed by atoms with Gasteiger partial charge in [-0.15, -0.1) is 0 Å². The van der Waals surface area contributed by atoms with E-state index in [1.807, 2.05) is 0 Å². The topological polar surface area (TPSA) is 136 Å². The van der Waals surface area contributed by atoms with Crippen LogP contribution in [0.25, 0.3) is 0 Å². The molecule has 0 amide bonds. The summed E-state index contributed by atoms with van der Waals surface area (Å²) in [6.45, 7) is 2.15. The van der Waals surface area contributed by atoms with Crippen LogP contribution >= 0.6 is 0 Å². The monoisotopic (exact) mass is 407 g/mol. The molecule has 1 aliphatic heterocycles. The van der Waals surface area contributed by atoms with Gasteiger partial charge in [0.2, 0.25) is 5.82 Å². The Morgan fingerprint density at radius 2 is 1.93 bits per heavy atom. The molecule has 3 rings (SSSR count). The maximum Gasteiger partial charge on any atom is 0.373 e. The fraction of sp³-hybridized carbons (Fsp3) is 0.412. The third kappa shape index (κ3) is 4.93. The summed E-state index contributed by atoms with van der Waals surface area (Å²) >= 11 is 0. The lowest BCUT2D eigenvalue weighted by Crippen LogP contribution is -2.30. The number of hydrogen-bond donors (Lipinski definition) is 2. The van der Waals surface area contributed by atoms with Gasteiger partial charge < -0.3 is 15.4 Å². The summed E-state index contributed by atoms with van der Waals surface area (Å²) in [6.07, 6.45) is 4.18. The molecule has 0 bridgehead atoms. The molecule has 2 N–H and O–H groups in total. The molecular weight excluding hydrogens is 386 g/mol. The van der Waals surface area contributed by atoms with Crippen LogP contribution in [0.15, 0.2) is 35.5 Å². The van der Waals surface area contributed by atoms with Gasteiger partial charge >= 0.3 is 5.69 Å². The summed E-state index contributed by atoms with van der Waals surface area (Å²) in [5, 5.41) is 17.7. The first-order chi connectivity index (χ1) is 13.3. The molecule has 0 unspecified atom stereocenters. The predicted molar refractivity (Wildman–Crippen MR) is 103 cm³/mol. The van der Waals surface area contributed by atoms with Crippen molar-refractivity contribution in [2.45, 2.75) is 17.7 Å². The lowest BCUT2D eigenvalue weighted by molar-refractivity contribution is -0.385. The molecule has 1 aromatic heterocycles. The van der Waals surface area contributed by atoms with E-state index in [-0.39, 0.29) is 22.3 Å². The van der Waals surface area contributed by atoms with Crippen molar-refractivity contribution in [1.82, 2.24) is 15.3 Å². The smallest absolute Gasteiger partial charge is 0.373 e. The lowest BCUT2D eigenvalue weighted by atomic mass is 9.99. The molecule has 1 fully saturated rings. The summed E-state index contributed by atoms with van der Waals surface area (Å²) in [7, 11) is -3.32. The Balaban J connectivity index is 1.79. The zero-order valence-corrected chi connectivity index (χ0v) is 16.1. The normalized spacial score (nSPS) is 15.2. The minimum Gasteiger partial charge on any atom is -0.472 e. The van der Waals surface area contributed by atoms with Crippen molar-refractivity contribution < 1.29 is 18.1 Å². The van der Waals surface area contributed by atoms with E-state index in [0.717, 1.165) is 32.2 Å². The largest absolute Gasteiger partial charge is 0.472 e. The molecule has 150 valence electrons. The molecule has 0 saturated carbocycles. The fourth-order valence-corrected chi connectivity index (χ4v) is 3.52. The number of rotatable bonds is 7. The molecule has 1 saturated heterocycles. The molecule has 0 spiro atoms. The molecule has 0 aliphatic carbocycles. The van der Waals surface area contributed by atoms with Gasteiger partial charge in [-0.1, -0.05) is 0 Å². The number of anilines is 2. The minimum atomic E-state index is -3.32. The molecule has 0 radical (unpaired) electrons. The standard InChI is InChI=1S/C17H21N5O5S/c1-28(25,26)14-4-2-13(3-5-14)21-16-15(22(23)24)17(20-11-19-16)27-10-12-6-8-18-9-7-12/h2-5,11-12,18H,6-10H2,1H3,(H,19,20,21). The number of sulfone groups is 1. The van der Waals surface area contributed by atoms with E-state index in [2.05, 4.69) is 20.6 Å². The van der Waals surface area contributed by atoms with Crippen molar-refractivity contribution in [3.05, 3.63) is 40.7 Å². The Morgan fingerprint density at radius 3 is 2.54 bits per heavy atom. The maximum absolute atomic E-state index is 11.6. The molecule has 2 aromatic rings. The van der Waals surface area contributed by atoms with Gasteiger partial charge in [0.25, 0.3) is 5.88 Å². The van der Waals surface area contributed by atoms with Gasteiger partial charge in [0.05, 0.1) is 16.4 Å². The van der Waals surface area contributed by atoms with Crippen LogP contribution < -0.4 is 15.4 Å². The van der Waals surface area contributed by atoms with E-state index >= 15 is 0 Å². The number of nitro groups is 1. The maximum atomic E-state index is 11.6. The Bertz CT molecular complexity index is 943. The minimum absolute atomic E-state index is 0.0209. The Hall–Kier alpha value is -2.79. The molecule has 28 heavy (non-hydrogen) atoms. The van der Waals surface area contributed by atoms with E-state index in [9.17, 15) is 18.5 Å². The first kappa shape index (κ1) is 20.0. The Labute approximate surface area is 162 Å². The van der Waals surface area contributed by atoms with Crippen LogP contribution in [0.5, 0.6) is 5.88 Å². The summed E-state index contributed by atoms with van der Waals surface area (Å²) in [4.78, 5) is 19.0. The van der Waals surface area contributed by atoms with Crippen LogP contribution in [-0.2, 0) is 9.84 Å². The number of nitrogens with one attached hydrogen (secondary N) is 2. The van der Waals surface area contributed by atoms with E-state index in [1.54, 1.807) is 0 Å². The number of benzene rings is 1. The van der Waals surface area contributed by atoms with E-state index in [4.69, 9.17) is 4.74 Å². The van der Waals surface area contributed by atoms with Crippen LogP contribution in [0.1, 0.15) is 12.8 Å². The van der Waals surface area contributed by atoms with Gasteiger partial charge in [0.15, 0.2) is 9.84 Å². The highest BCUT2D eigenvalue weighted by Gasteiger charge is 2.26. The Morgan fingerprint density at radius 1 is 1.25 bits per heavy atom. The van der Waals surface area contributed by atoms with Crippen LogP contribution in [-0.4, -0.2) is 49.3 Å². The number of aromatic nitrogens is 2. The average molecular weight is 407 g/mol. The van der Waals surface area contributed by atoms with Crippen LogP contribution in [0.2, 0.25) is 0 Å². The molecule has 11 heteroatoms. The summed E-state index contributed by atoms with van der Waals surface area (Å²) in [6, 6.07) is 5.86. The zero-order valence-electron chi connectivity index (χ0n) is 15.3. The Kier molecular flexibility index (Phi) is 6.05. The number of nitrogens with zero attached hydrogens (tertiary/aromatic N) is 3. The number of ether oxygens (including phenoxy) is 1. The molecular formula is C17H21N5O5S. The van der Waals surface area contributed by atoms with E-state index in [1.165, 1.54) is 30.6 Å². The van der Waals surface area contributed by atoms with Crippen molar-refractivity contribution in [3.8, 4) is 5.88 Å². The second-order valence-electron chi connectivity index (χ2n) is 6.56. The van der Waals surface area contributed by atoms with Gasteiger partial charge in [-0.3, -0.25) is 10.1 Å². The summed E-state index contributed by atoms with van der Waals surface area (Å²) < 4.78 is 28.7. The molecule has 1 aliphatic rings. The number of hydrogen-bond acceptors (Lipinski definition) is 9. The van der Waals surface area contributed by atoms with Gasteiger partial charge in [-0.05, 0) is 56.1 Å². The fourth-order valence-electron chi connectivity index (χ4n) is 2.89. The van der Waals surface area contributed by atoms with Gasteiger partial charge in [0, 0.05) is 11.9 Å². The highest BCUT2D eigenvalue weighted by atomic mass is 32.2. The number of piperidine rings is 1. The van der Waals surface area contributed by atoms with Crippen LogP contribution in [0.3, 0.4) is 0 Å². The predicted octanol–water partition coefficient (Wildman–Crippen LogP) is 1.91. The van der Waals surface area contributed by atoms with E-state index in [0.29, 0.717) is 18.2 Å². The molecule has 2 heterocycles. The van der Waals surface area contributed by atoms with Crippen LogP contribution in [0, 0.1) is 16.0 Å². The highest BCUT2D eigenvalue weighted by Crippen LogP contribution is 2.33. The van der Waals surface area contributed by atoms with E-state index < -0.39 is 14.8 Å². The second-order valence-corrected chi connectivity index (χ2v) is 8.57. The zero-order chi connectivity index (χ0) is 20.1. The SMILES string of the molecule is CS(=O)(=O)c1ccc(Nc2ncnc(OCC3CCNCC3)c2[N+](=O)[O-])cc1. The molecule has 0 atom stereocenters. The lowest BCUT2D eigenvalue weighted by Gasteiger charge is -2.22. The molecule has 10 nitrogen and oxygen atoms in total. The van der Waals surface area contributed by atoms with Crippen molar-refractivity contribution in [2.24, 2.45) is 5.92 Å². The van der Waals surface area contributed by atoms with Crippen molar-refractivity contribution in [1.29, 1.82) is 0 Å². The quantitative estimate of drug-likeness (QED) is 0.521. The average Bonchev–Trinajstić information content (AvgIpc) is 2.67. The van der Waals surface area contributed by atoms with Gasteiger partial charge in [0.1, 0.15) is 6.33 Å². The van der Waals surface area contributed by atoms with Crippen molar-refractivity contribution in [2.75, 3.05) is 31.3 Å². The first-order valence-corrected chi connectivity index (χ1v) is 10.6. The van der Waals surface area contributed by atoms with Crippen LogP contribution in [0.4, 0.5) is 17.2 Å². The first-order valence-electron chi connectivity index (χ1n) is 8.74. The van der Waals surface area contributed by atoms with Crippen molar-refractivity contribution in [3.63, 3.8) is 0 Å². The van der Waals surface area contributed by atoms with Gasteiger partial charge in [-0.25, -0.2) is 13.4 Å².